The van der Waals surface area contributed by atoms with Crippen LogP contribution in [-0.4, -0.2) is 10.4 Å². The SMILES string of the molecule is FC1=CN2C(=CC=CC2Cl)C=C1. The van der Waals surface area contributed by atoms with Gasteiger partial charge in [0.2, 0.25) is 0 Å². The lowest BCUT2D eigenvalue weighted by molar-refractivity contribution is 0.461. The van der Waals surface area contributed by atoms with Gasteiger partial charge in [-0.25, -0.2) is 4.39 Å². The second-order valence-corrected chi connectivity index (χ2v) is 3.05. The summed E-state index contributed by atoms with van der Waals surface area (Å²) in [4.78, 5) is 1.68. The molecule has 1 unspecified atom stereocenters. The molecule has 0 aromatic heterocycles. The molecule has 1 nitrogen and oxygen atoms in total. The second kappa shape index (κ2) is 2.79. The fourth-order valence-corrected chi connectivity index (χ4v) is 1.45. The lowest BCUT2D eigenvalue weighted by Gasteiger charge is -2.28. The minimum absolute atomic E-state index is 0.270. The van der Waals surface area contributed by atoms with E-state index in [0.29, 0.717) is 0 Å². The van der Waals surface area contributed by atoms with E-state index in [1.807, 2.05) is 12.2 Å². The van der Waals surface area contributed by atoms with Crippen molar-refractivity contribution in [3.8, 4) is 0 Å². The molecule has 0 bridgehead atoms. The van der Waals surface area contributed by atoms with Gasteiger partial charge in [0.15, 0.2) is 0 Å². The first-order valence-electron chi connectivity index (χ1n) is 3.64. The van der Waals surface area contributed by atoms with Crippen molar-refractivity contribution in [3.63, 3.8) is 0 Å². The Bertz CT molecular complexity index is 314. The Balaban J connectivity index is 2.36. The van der Waals surface area contributed by atoms with Crippen molar-refractivity contribution < 1.29 is 4.39 Å². The van der Waals surface area contributed by atoms with Crippen LogP contribution in [0.25, 0.3) is 0 Å². The smallest absolute Gasteiger partial charge is 0.139 e. The van der Waals surface area contributed by atoms with Crippen molar-refractivity contribution in [3.05, 3.63) is 48.1 Å². The van der Waals surface area contributed by atoms with Crippen molar-refractivity contribution in [1.82, 2.24) is 4.90 Å². The van der Waals surface area contributed by atoms with E-state index in [1.165, 1.54) is 12.3 Å². The highest BCUT2D eigenvalue weighted by Crippen LogP contribution is 2.25. The van der Waals surface area contributed by atoms with Crippen LogP contribution < -0.4 is 0 Å². The first-order chi connectivity index (χ1) is 5.77. The average Bonchev–Trinajstić information content (AvgIpc) is 2.07. The minimum Gasteiger partial charge on any atom is -0.325 e. The zero-order valence-corrected chi connectivity index (χ0v) is 7.00. The molecule has 0 N–H and O–H groups in total. The highest BCUT2D eigenvalue weighted by molar-refractivity contribution is 6.21. The van der Waals surface area contributed by atoms with Gasteiger partial charge in [0, 0.05) is 11.9 Å². The summed E-state index contributed by atoms with van der Waals surface area (Å²) in [7, 11) is 0. The summed E-state index contributed by atoms with van der Waals surface area (Å²) in [6.07, 6.45) is 10.1. The number of halogens is 2. The average molecular weight is 184 g/mol. The molecule has 0 saturated carbocycles. The van der Waals surface area contributed by atoms with Gasteiger partial charge in [0.05, 0.1) is 0 Å². The van der Waals surface area contributed by atoms with Gasteiger partial charge in [-0.1, -0.05) is 17.7 Å². The molecular formula is C9H7ClFN. The number of allylic oxidation sites excluding steroid dienone is 5. The third-order valence-electron chi connectivity index (χ3n) is 1.78. The van der Waals surface area contributed by atoms with E-state index in [9.17, 15) is 4.39 Å². The normalized spacial score (nSPS) is 26.5. The fraction of sp³-hybridized carbons (Fsp3) is 0.111. The number of alkyl halides is 1. The topological polar surface area (TPSA) is 3.24 Å². The highest BCUT2D eigenvalue weighted by Gasteiger charge is 2.18. The summed E-state index contributed by atoms with van der Waals surface area (Å²) in [6, 6.07) is 0. The highest BCUT2D eigenvalue weighted by atomic mass is 35.5. The number of hydrogen-bond donors (Lipinski definition) is 0. The third kappa shape index (κ3) is 1.18. The number of fused-ring (bicyclic) bond motifs is 1. The van der Waals surface area contributed by atoms with Gasteiger partial charge in [-0.05, 0) is 24.3 Å². The van der Waals surface area contributed by atoms with Gasteiger partial charge in [-0.2, -0.15) is 0 Å². The van der Waals surface area contributed by atoms with Gasteiger partial charge in [-0.3, -0.25) is 0 Å². The van der Waals surface area contributed by atoms with Crippen molar-refractivity contribution in [1.29, 1.82) is 0 Å². The van der Waals surface area contributed by atoms with Crippen molar-refractivity contribution in [2.24, 2.45) is 0 Å². The lowest BCUT2D eigenvalue weighted by atomic mass is 10.2. The van der Waals surface area contributed by atoms with Gasteiger partial charge >= 0.3 is 0 Å². The van der Waals surface area contributed by atoms with Crippen molar-refractivity contribution in [2.45, 2.75) is 5.50 Å². The summed E-state index contributed by atoms with van der Waals surface area (Å²) in [5, 5.41) is 0. The monoisotopic (exact) mass is 183 g/mol. The maximum atomic E-state index is 12.8. The zero-order valence-electron chi connectivity index (χ0n) is 6.24. The number of hydrogen-bond acceptors (Lipinski definition) is 1. The molecule has 0 saturated heterocycles. The first kappa shape index (κ1) is 7.62. The minimum atomic E-state index is -0.277. The van der Waals surface area contributed by atoms with Crippen LogP contribution in [0.4, 0.5) is 4.39 Å². The van der Waals surface area contributed by atoms with Gasteiger partial charge in [0.1, 0.15) is 11.3 Å². The van der Waals surface area contributed by atoms with E-state index in [0.717, 1.165) is 5.70 Å². The summed E-state index contributed by atoms with van der Waals surface area (Å²) < 4.78 is 12.8. The summed E-state index contributed by atoms with van der Waals surface area (Å²) in [6.45, 7) is 0. The van der Waals surface area contributed by atoms with Crippen LogP contribution in [-0.2, 0) is 0 Å². The molecule has 0 aliphatic carbocycles. The van der Waals surface area contributed by atoms with E-state index in [2.05, 4.69) is 0 Å². The molecule has 2 aliphatic rings. The molecule has 3 heteroatoms. The lowest BCUT2D eigenvalue weighted by Crippen LogP contribution is -2.26. The molecule has 0 fully saturated rings. The van der Waals surface area contributed by atoms with Crippen LogP contribution in [0.15, 0.2) is 48.1 Å². The summed E-state index contributed by atoms with van der Waals surface area (Å²) >= 11 is 5.91. The summed E-state index contributed by atoms with van der Waals surface area (Å²) in [5.41, 5.74) is 0.639. The maximum absolute atomic E-state index is 12.8. The number of nitrogens with zero attached hydrogens (tertiary/aromatic N) is 1. The van der Waals surface area contributed by atoms with E-state index in [4.69, 9.17) is 11.6 Å². The van der Waals surface area contributed by atoms with Gasteiger partial charge < -0.3 is 4.90 Å². The van der Waals surface area contributed by atoms with Crippen LogP contribution in [0.5, 0.6) is 0 Å². The second-order valence-electron chi connectivity index (χ2n) is 2.60. The molecule has 12 heavy (non-hydrogen) atoms. The Morgan fingerprint density at radius 3 is 3.08 bits per heavy atom. The Hall–Kier alpha value is -1.02. The number of rotatable bonds is 0. The Kier molecular flexibility index (Phi) is 1.77. The first-order valence-corrected chi connectivity index (χ1v) is 4.07. The van der Waals surface area contributed by atoms with Gasteiger partial charge in [-0.15, -0.1) is 0 Å². The predicted octanol–water partition coefficient (Wildman–Crippen LogP) is 2.69. The maximum Gasteiger partial charge on any atom is 0.139 e. The van der Waals surface area contributed by atoms with E-state index in [-0.39, 0.29) is 11.3 Å². The van der Waals surface area contributed by atoms with E-state index < -0.39 is 0 Å². The zero-order chi connectivity index (χ0) is 8.55. The quantitative estimate of drug-likeness (QED) is 0.412. The standard InChI is InChI=1S/C9H7ClFN/c10-9-3-1-2-8-5-4-7(11)6-12(8)9/h1-6,9H. The molecule has 1 atom stereocenters. The molecule has 0 radical (unpaired) electrons. The van der Waals surface area contributed by atoms with Gasteiger partial charge in [0.25, 0.3) is 0 Å². The molecule has 0 aromatic rings. The largest absolute Gasteiger partial charge is 0.325 e. The Morgan fingerprint density at radius 1 is 1.42 bits per heavy atom. The van der Waals surface area contributed by atoms with Crippen LogP contribution in [0.1, 0.15) is 0 Å². The molecule has 2 heterocycles. The molecular weight excluding hydrogens is 177 g/mol. The molecule has 0 aromatic carbocycles. The Morgan fingerprint density at radius 2 is 2.25 bits per heavy atom. The molecule has 0 spiro atoms. The summed E-state index contributed by atoms with van der Waals surface area (Å²) in [5.74, 6) is -0.270. The van der Waals surface area contributed by atoms with Crippen LogP contribution >= 0.6 is 11.6 Å². The van der Waals surface area contributed by atoms with Crippen molar-refractivity contribution >= 4 is 11.6 Å². The molecule has 2 rings (SSSR count). The Labute approximate surface area is 75.1 Å². The van der Waals surface area contributed by atoms with Crippen LogP contribution in [0.2, 0.25) is 0 Å². The molecule has 0 amide bonds. The third-order valence-corrected chi connectivity index (χ3v) is 2.13. The fourth-order valence-electron chi connectivity index (χ4n) is 1.20. The van der Waals surface area contributed by atoms with Crippen LogP contribution in [0.3, 0.4) is 0 Å². The van der Waals surface area contributed by atoms with Crippen molar-refractivity contribution in [2.75, 3.05) is 0 Å². The molecule has 2 aliphatic heterocycles. The van der Waals surface area contributed by atoms with E-state index >= 15 is 0 Å². The van der Waals surface area contributed by atoms with Crippen LogP contribution in [0, 0.1) is 0 Å². The molecule has 62 valence electrons. The van der Waals surface area contributed by atoms with E-state index in [1.54, 1.807) is 17.1 Å². The predicted molar refractivity (Wildman–Crippen MR) is 47.0 cm³/mol.